The van der Waals surface area contributed by atoms with Gasteiger partial charge in [-0.05, 0) is 78.6 Å². The largest absolute Gasteiger partial charge is 0.459 e. The summed E-state index contributed by atoms with van der Waals surface area (Å²) in [6.07, 6.45) is 0.603. The van der Waals surface area contributed by atoms with Crippen molar-refractivity contribution in [3.05, 3.63) is 105 Å². The van der Waals surface area contributed by atoms with Crippen LogP contribution in [0.1, 0.15) is 37.5 Å². The molecule has 0 spiro atoms. The van der Waals surface area contributed by atoms with Crippen LogP contribution in [0.5, 0.6) is 0 Å². The van der Waals surface area contributed by atoms with E-state index >= 15 is 0 Å². The zero-order chi connectivity index (χ0) is 22.3. The van der Waals surface area contributed by atoms with Crippen molar-refractivity contribution in [2.45, 2.75) is 51.9 Å². The molecule has 0 heterocycles. The second-order valence-corrected chi connectivity index (χ2v) is 10.0. The van der Waals surface area contributed by atoms with Crippen molar-refractivity contribution in [2.24, 2.45) is 0 Å². The molecule has 31 heavy (non-hydrogen) atoms. The summed E-state index contributed by atoms with van der Waals surface area (Å²) >= 11 is 2.30. The molecule has 1 atom stereocenters. The van der Waals surface area contributed by atoms with Gasteiger partial charge >= 0.3 is 5.97 Å². The molecule has 0 aliphatic heterocycles. The van der Waals surface area contributed by atoms with Gasteiger partial charge in [0.1, 0.15) is 11.6 Å². The quantitative estimate of drug-likeness (QED) is 0.256. The molecular weight excluding hydrogens is 497 g/mol. The van der Waals surface area contributed by atoms with Gasteiger partial charge in [-0.2, -0.15) is 0 Å². The number of hydrogen-bond donors (Lipinski definition) is 0. The Labute approximate surface area is 199 Å². The Morgan fingerprint density at radius 1 is 0.806 bits per heavy atom. The highest BCUT2D eigenvalue weighted by molar-refractivity contribution is 14.1. The van der Waals surface area contributed by atoms with Gasteiger partial charge in [0.2, 0.25) is 0 Å². The second-order valence-electron chi connectivity index (χ2n) is 8.76. The van der Waals surface area contributed by atoms with E-state index in [1.165, 1.54) is 14.7 Å². The number of halogens is 1. The molecule has 0 amide bonds. The summed E-state index contributed by atoms with van der Waals surface area (Å²) in [4.78, 5) is 15.6. The van der Waals surface area contributed by atoms with Gasteiger partial charge in [0.05, 0.1) is 0 Å². The highest BCUT2D eigenvalue weighted by Gasteiger charge is 2.31. The summed E-state index contributed by atoms with van der Waals surface area (Å²) in [5.74, 6) is -0.182. The number of benzene rings is 3. The Morgan fingerprint density at radius 2 is 1.29 bits per heavy atom. The zero-order valence-electron chi connectivity index (χ0n) is 18.4. The van der Waals surface area contributed by atoms with E-state index in [9.17, 15) is 4.79 Å². The lowest BCUT2D eigenvalue weighted by molar-refractivity contribution is -0.162. The van der Waals surface area contributed by atoms with E-state index in [0.717, 1.165) is 5.56 Å². The van der Waals surface area contributed by atoms with Gasteiger partial charge in [0.15, 0.2) is 0 Å². The van der Waals surface area contributed by atoms with Crippen LogP contribution in [-0.4, -0.2) is 22.5 Å². The number of rotatable bonds is 8. The molecule has 0 saturated heterocycles. The highest BCUT2D eigenvalue weighted by Crippen LogP contribution is 2.21. The second kappa shape index (κ2) is 10.9. The van der Waals surface area contributed by atoms with Crippen molar-refractivity contribution in [1.29, 1.82) is 0 Å². The van der Waals surface area contributed by atoms with Crippen molar-refractivity contribution in [2.75, 3.05) is 0 Å². The lowest BCUT2D eigenvalue weighted by Crippen LogP contribution is -2.45. The van der Waals surface area contributed by atoms with Crippen LogP contribution in [0.25, 0.3) is 0 Å². The fourth-order valence-electron chi connectivity index (χ4n) is 3.49. The molecule has 3 rings (SSSR count). The normalized spacial score (nSPS) is 12.5. The van der Waals surface area contributed by atoms with Gasteiger partial charge in [-0.1, -0.05) is 72.8 Å². The molecule has 0 N–H and O–H groups in total. The molecule has 0 aromatic heterocycles. The lowest BCUT2D eigenvalue weighted by Gasteiger charge is -2.33. The van der Waals surface area contributed by atoms with E-state index in [1.807, 2.05) is 57.2 Å². The molecule has 3 aromatic carbocycles. The summed E-state index contributed by atoms with van der Waals surface area (Å²) in [6.45, 7) is 7.11. The van der Waals surface area contributed by atoms with Gasteiger partial charge in [-0.25, -0.2) is 0 Å². The van der Waals surface area contributed by atoms with E-state index in [-0.39, 0.29) is 12.0 Å². The van der Waals surface area contributed by atoms with Crippen molar-refractivity contribution in [1.82, 2.24) is 4.90 Å². The maximum Gasteiger partial charge on any atom is 0.324 e. The topological polar surface area (TPSA) is 29.5 Å². The summed E-state index contributed by atoms with van der Waals surface area (Å²) < 4.78 is 7.05. The molecule has 0 unspecified atom stereocenters. The third-order valence-corrected chi connectivity index (χ3v) is 5.64. The summed E-state index contributed by atoms with van der Waals surface area (Å²) in [7, 11) is 0. The van der Waals surface area contributed by atoms with Gasteiger partial charge in [-0.15, -0.1) is 0 Å². The predicted molar refractivity (Wildman–Crippen MR) is 135 cm³/mol. The van der Waals surface area contributed by atoms with Gasteiger partial charge in [0, 0.05) is 16.7 Å². The van der Waals surface area contributed by atoms with Crippen LogP contribution in [0.3, 0.4) is 0 Å². The first-order chi connectivity index (χ1) is 14.8. The molecule has 0 radical (unpaired) electrons. The fourth-order valence-corrected chi connectivity index (χ4v) is 3.85. The van der Waals surface area contributed by atoms with E-state index in [2.05, 4.69) is 76.0 Å². The van der Waals surface area contributed by atoms with Crippen molar-refractivity contribution in [3.63, 3.8) is 0 Å². The minimum absolute atomic E-state index is 0.182. The minimum atomic E-state index is -0.535. The molecule has 4 heteroatoms. The molecule has 0 aliphatic carbocycles. The van der Waals surface area contributed by atoms with Crippen LogP contribution in [0.15, 0.2) is 84.9 Å². The third kappa shape index (κ3) is 7.78. The molecule has 0 aliphatic rings. The maximum atomic E-state index is 13.4. The number of nitrogens with zero attached hydrogens (tertiary/aromatic N) is 1. The first-order valence-corrected chi connectivity index (χ1v) is 11.7. The Balaban J connectivity index is 1.94. The SMILES string of the molecule is CC(C)(C)OC(=O)[C@H](Cc1ccc(I)cc1)N(Cc1ccccc1)Cc1ccccc1. The first kappa shape index (κ1) is 23.5. The average Bonchev–Trinajstić information content (AvgIpc) is 2.73. The molecule has 162 valence electrons. The molecule has 3 aromatic rings. The van der Waals surface area contributed by atoms with Gasteiger partial charge in [0.25, 0.3) is 0 Å². The van der Waals surface area contributed by atoms with Crippen LogP contribution < -0.4 is 0 Å². The van der Waals surface area contributed by atoms with Crippen LogP contribution >= 0.6 is 22.6 Å². The number of carbonyl (C=O) groups excluding carboxylic acids is 1. The maximum absolute atomic E-state index is 13.4. The van der Waals surface area contributed by atoms with E-state index in [4.69, 9.17) is 4.74 Å². The van der Waals surface area contributed by atoms with E-state index in [1.54, 1.807) is 0 Å². The minimum Gasteiger partial charge on any atom is -0.459 e. The van der Waals surface area contributed by atoms with Crippen molar-refractivity contribution in [3.8, 4) is 0 Å². The van der Waals surface area contributed by atoms with Gasteiger partial charge in [-0.3, -0.25) is 9.69 Å². The van der Waals surface area contributed by atoms with Crippen LogP contribution in [0.4, 0.5) is 0 Å². The zero-order valence-corrected chi connectivity index (χ0v) is 20.6. The van der Waals surface area contributed by atoms with Crippen LogP contribution in [0, 0.1) is 3.57 Å². The molecule has 0 bridgehead atoms. The number of hydrogen-bond acceptors (Lipinski definition) is 3. The monoisotopic (exact) mass is 527 g/mol. The fraction of sp³-hybridized carbons (Fsp3) is 0.296. The van der Waals surface area contributed by atoms with E-state index < -0.39 is 5.60 Å². The summed E-state index contributed by atoms with van der Waals surface area (Å²) in [5, 5.41) is 0. The highest BCUT2D eigenvalue weighted by atomic mass is 127. The molecular formula is C27H30INO2. The Bertz CT molecular complexity index is 909. The third-order valence-electron chi connectivity index (χ3n) is 4.92. The number of ether oxygens (including phenoxy) is 1. The Morgan fingerprint density at radius 3 is 1.74 bits per heavy atom. The smallest absolute Gasteiger partial charge is 0.324 e. The number of carbonyl (C=O) groups is 1. The molecule has 3 nitrogen and oxygen atoms in total. The summed E-state index contributed by atoms with van der Waals surface area (Å²) in [5.41, 5.74) is 2.94. The average molecular weight is 527 g/mol. The van der Waals surface area contributed by atoms with E-state index in [0.29, 0.717) is 19.5 Å². The Kier molecular flexibility index (Phi) is 8.27. The van der Waals surface area contributed by atoms with Crippen molar-refractivity contribution >= 4 is 28.6 Å². The molecule has 0 fully saturated rings. The van der Waals surface area contributed by atoms with Crippen molar-refractivity contribution < 1.29 is 9.53 Å². The molecule has 0 saturated carbocycles. The van der Waals surface area contributed by atoms with Gasteiger partial charge < -0.3 is 4.74 Å². The predicted octanol–water partition coefficient (Wildman–Crippen LogP) is 6.25. The van der Waals surface area contributed by atoms with Crippen LogP contribution in [0.2, 0.25) is 0 Å². The summed E-state index contributed by atoms with van der Waals surface area (Å²) in [6, 6.07) is 28.6. The van der Waals surface area contributed by atoms with Crippen LogP contribution in [-0.2, 0) is 29.0 Å². The number of esters is 1. The lowest BCUT2D eigenvalue weighted by atomic mass is 10.0. The Hall–Kier alpha value is -2.18. The first-order valence-electron chi connectivity index (χ1n) is 10.6. The standard InChI is InChI=1S/C27H30INO2/c1-27(2,3)31-26(30)25(18-21-14-16-24(28)17-15-21)29(19-22-10-6-4-7-11-22)20-23-12-8-5-9-13-23/h4-17,25H,18-20H2,1-3H3/t25-/m0/s1.